The van der Waals surface area contributed by atoms with Crippen LogP contribution in [0.15, 0.2) is 84.9 Å². The lowest BCUT2D eigenvalue weighted by molar-refractivity contribution is 0.415. The van der Waals surface area contributed by atoms with Crippen molar-refractivity contribution in [2.75, 3.05) is 17.7 Å². The Morgan fingerprint density at radius 2 is 1.60 bits per heavy atom. The number of nitriles is 1. The van der Waals surface area contributed by atoms with Crippen LogP contribution in [0.4, 0.5) is 23.1 Å². The molecule has 0 saturated heterocycles. The molecule has 30 heavy (non-hydrogen) atoms. The van der Waals surface area contributed by atoms with Crippen LogP contribution in [-0.2, 0) is 0 Å². The topological polar surface area (TPSA) is 82.9 Å². The molecule has 0 spiro atoms. The first-order valence-electron chi connectivity index (χ1n) is 9.36. The van der Waals surface area contributed by atoms with Crippen molar-refractivity contribution < 1.29 is 4.74 Å². The minimum absolute atomic E-state index is 0.459. The highest BCUT2D eigenvalue weighted by atomic mass is 16.5. The average molecular weight is 393 g/mol. The number of benzene rings is 3. The van der Waals surface area contributed by atoms with E-state index in [2.05, 4.69) is 26.7 Å². The number of hydrogen-bond acceptors (Lipinski definition) is 6. The van der Waals surface area contributed by atoms with E-state index in [1.165, 1.54) is 0 Å². The fourth-order valence-electron chi connectivity index (χ4n) is 2.94. The smallest absolute Gasteiger partial charge is 0.229 e. The first-order valence-corrected chi connectivity index (χ1v) is 9.36. The van der Waals surface area contributed by atoms with Crippen molar-refractivity contribution in [2.45, 2.75) is 0 Å². The molecule has 0 amide bonds. The molecule has 4 aromatic rings. The summed E-state index contributed by atoms with van der Waals surface area (Å²) >= 11 is 0. The molecule has 0 fully saturated rings. The Bertz CT molecular complexity index is 1180. The van der Waals surface area contributed by atoms with Crippen molar-refractivity contribution in [3.05, 3.63) is 90.5 Å². The van der Waals surface area contributed by atoms with E-state index < -0.39 is 0 Å². The maximum Gasteiger partial charge on any atom is 0.229 e. The van der Waals surface area contributed by atoms with Gasteiger partial charge in [-0.1, -0.05) is 36.4 Å². The molecule has 2 N–H and O–H groups in total. The minimum atomic E-state index is 0.459. The lowest BCUT2D eigenvalue weighted by Gasteiger charge is -2.12. The van der Waals surface area contributed by atoms with E-state index in [1.54, 1.807) is 19.2 Å². The van der Waals surface area contributed by atoms with Gasteiger partial charge in [0.15, 0.2) is 0 Å². The highest BCUT2D eigenvalue weighted by Gasteiger charge is 2.08. The van der Waals surface area contributed by atoms with Gasteiger partial charge >= 0.3 is 0 Å². The molecule has 0 radical (unpaired) electrons. The molecule has 146 valence electrons. The highest BCUT2D eigenvalue weighted by Crippen LogP contribution is 2.26. The van der Waals surface area contributed by atoms with E-state index >= 15 is 0 Å². The summed E-state index contributed by atoms with van der Waals surface area (Å²) in [6, 6.07) is 28.7. The third-order valence-electron chi connectivity index (χ3n) is 4.41. The van der Waals surface area contributed by atoms with Gasteiger partial charge in [-0.05, 0) is 42.5 Å². The molecule has 6 heteroatoms. The molecule has 0 aliphatic carbocycles. The van der Waals surface area contributed by atoms with Crippen LogP contribution >= 0.6 is 0 Å². The molecule has 0 bridgehead atoms. The van der Waals surface area contributed by atoms with E-state index in [0.29, 0.717) is 17.3 Å². The van der Waals surface area contributed by atoms with Crippen molar-refractivity contribution in [1.29, 1.82) is 5.26 Å². The van der Waals surface area contributed by atoms with Crippen LogP contribution in [0.2, 0.25) is 0 Å². The quantitative estimate of drug-likeness (QED) is 0.449. The van der Waals surface area contributed by atoms with Crippen LogP contribution in [0.1, 0.15) is 5.56 Å². The SMILES string of the molecule is COc1ccc(Nc2nc(Nc3cccc(C#N)c3)cc(-c3ccccc3)n2)cc1. The number of methoxy groups -OCH3 is 1. The fourth-order valence-corrected chi connectivity index (χ4v) is 2.94. The van der Waals surface area contributed by atoms with Gasteiger partial charge in [-0.15, -0.1) is 0 Å². The summed E-state index contributed by atoms with van der Waals surface area (Å²) in [5.41, 5.74) is 3.96. The molecule has 0 aliphatic rings. The van der Waals surface area contributed by atoms with Crippen LogP contribution in [0.5, 0.6) is 5.75 Å². The molecule has 0 aliphatic heterocycles. The molecule has 1 aromatic heterocycles. The van der Waals surface area contributed by atoms with E-state index in [1.807, 2.05) is 72.8 Å². The third kappa shape index (κ3) is 4.54. The minimum Gasteiger partial charge on any atom is -0.497 e. The summed E-state index contributed by atoms with van der Waals surface area (Å²) in [6.45, 7) is 0. The summed E-state index contributed by atoms with van der Waals surface area (Å²) in [5, 5.41) is 15.7. The first-order chi connectivity index (χ1) is 14.7. The van der Waals surface area contributed by atoms with E-state index in [-0.39, 0.29) is 0 Å². The number of aromatic nitrogens is 2. The maximum atomic E-state index is 9.14. The lowest BCUT2D eigenvalue weighted by atomic mass is 10.1. The molecule has 6 nitrogen and oxygen atoms in total. The van der Waals surface area contributed by atoms with Crippen molar-refractivity contribution in [3.8, 4) is 23.1 Å². The average Bonchev–Trinajstić information content (AvgIpc) is 2.80. The molecular weight excluding hydrogens is 374 g/mol. The Labute approximate surface area is 174 Å². The van der Waals surface area contributed by atoms with Crippen LogP contribution in [-0.4, -0.2) is 17.1 Å². The molecule has 0 unspecified atom stereocenters. The zero-order valence-electron chi connectivity index (χ0n) is 16.3. The number of hydrogen-bond donors (Lipinski definition) is 2. The molecule has 4 rings (SSSR count). The normalized spacial score (nSPS) is 10.1. The molecular formula is C24H19N5O. The summed E-state index contributed by atoms with van der Waals surface area (Å²) in [7, 11) is 1.63. The Morgan fingerprint density at radius 1 is 0.800 bits per heavy atom. The van der Waals surface area contributed by atoms with Gasteiger partial charge in [0.25, 0.3) is 0 Å². The molecule has 1 heterocycles. The number of rotatable bonds is 6. The van der Waals surface area contributed by atoms with Gasteiger partial charge in [0.2, 0.25) is 5.95 Å². The fraction of sp³-hybridized carbons (Fsp3) is 0.0417. The summed E-state index contributed by atoms with van der Waals surface area (Å²) in [4.78, 5) is 9.27. The van der Waals surface area contributed by atoms with E-state index in [0.717, 1.165) is 28.4 Å². The van der Waals surface area contributed by atoms with Crippen molar-refractivity contribution in [1.82, 2.24) is 9.97 Å². The number of anilines is 4. The number of nitrogens with zero attached hydrogens (tertiary/aromatic N) is 3. The van der Waals surface area contributed by atoms with Crippen molar-refractivity contribution >= 4 is 23.1 Å². The van der Waals surface area contributed by atoms with Gasteiger partial charge in [0, 0.05) is 23.0 Å². The van der Waals surface area contributed by atoms with Crippen LogP contribution in [0, 0.1) is 11.3 Å². The zero-order chi connectivity index (χ0) is 20.8. The van der Waals surface area contributed by atoms with Gasteiger partial charge < -0.3 is 15.4 Å². The van der Waals surface area contributed by atoms with Crippen LogP contribution in [0.25, 0.3) is 11.3 Å². The van der Waals surface area contributed by atoms with Crippen LogP contribution < -0.4 is 15.4 Å². The molecule has 3 aromatic carbocycles. The van der Waals surface area contributed by atoms with E-state index in [9.17, 15) is 0 Å². The Kier molecular flexibility index (Phi) is 5.54. The number of nitrogens with one attached hydrogen (secondary N) is 2. The second-order valence-corrected chi connectivity index (χ2v) is 6.50. The third-order valence-corrected chi connectivity index (χ3v) is 4.41. The maximum absolute atomic E-state index is 9.14. The van der Waals surface area contributed by atoms with Gasteiger partial charge in [0.05, 0.1) is 24.4 Å². The lowest BCUT2D eigenvalue weighted by Crippen LogP contribution is -2.02. The largest absolute Gasteiger partial charge is 0.497 e. The Balaban J connectivity index is 1.69. The predicted octanol–water partition coefficient (Wildman–Crippen LogP) is 5.51. The summed E-state index contributed by atoms with van der Waals surface area (Å²) in [6.07, 6.45) is 0. The van der Waals surface area contributed by atoms with Crippen molar-refractivity contribution in [3.63, 3.8) is 0 Å². The van der Waals surface area contributed by atoms with Gasteiger partial charge in [0.1, 0.15) is 11.6 Å². The van der Waals surface area contributed by atoms with E-state index in [4.69, 9.17) is 10.00 Å². The van der Waals surface area contributed by atoms with Crippen LogP contribution in [0.3, 0.4) is 0 Å². The summed E-state index contributed by atoms with van der Waals surface area (Å²) in [5.74, 6) is 1.86. The molecule has 0 atom stereocenters. The van der Waals surface area contributed by atoms with Gasteiger partial charge in [-0.3, -0.25) is 0 Å². The Hall–Kier alpha value is -4.37. The summed E-state index contributed by atoms with van der Waals surface area (Å²) < 4.78 is 5.21. The standard InChI is InChI=1S/C24H19N5O/c1-30-21-12-10-19(11-13-21)27-24-28-22(18-7-3-2-4-8-18)15-23(29-24)26-20-9-5-6-17(14-20)16-25/h2-15H,1H3,(H2,26,27,28,29). The van der Waals surface area contributed by atoms with Gasteiger partial charge in [-0.2, -0.15) is 10.2 Å². The Morgan fingerprint density at radius 3 is 2.33 bits per heavy atom. The highest BCUT2D eigenvalue weighted by molar-refractivity contribution is 5.69. The predicted molar refractivity (Wildman–Crippen MR) is 118 cm³/mol. The monoisotopic (exact) mass is 393 g/mol. The second kappa shape index (κ2) is 8.76. The zero-order valence-corrected chi connectivity index (χ0v) is 16.3. The first kappa shape index (κ1) is 19.0. The molecule has 0 saturated carbocycles. The van der Waals surface area contributed by atoms with Crippen molar-refractivity contribution in [2.24, 2.45) is 0 Å². The second-order valence-electron chi connectivity index (χ2n) is 6.50. The van der Waals surface area contributed by atoms with Gasteiger partial charge in [-0.25, -0.2) is 4.98 Å². The number of ether oxygens (including phenoxy) is 1.